The monoisotopic (exact) mass is 612 g/mol. The first-order valence-corrected chi connectivity index (χ1v) is 15.3. The van der Waals surface area contributed by atoms with Gasteiger partial charge in [0.2, 0.25) is 5.91 Å². The van der Waals surface area contributed by atoms with Crippen molar-refractivity contribution < 1.29 is 32.9 Å². The quantitative estimate of drug-likeness (QED) is 0.327. The van der Waals surface area contributed by atoms with Gasteiger partial charge in [0.1, 0.15) is 11.7 Å². The molecule has 0 radical (unpaired) electrons. The Bertz CT molecular complexity index is 1550. The highest BCUT2D eigenvalue weighted by atomic mass is 16.7. The second kappa shape index (κ2) is 12.0. The SMILES string of the molecule is CC(C)C[C@H](NC(=O)[C@H](Cc1ccccc1)NC(=O)c1cnccn1)[B-]12OC(=O)[C@H]3CN(c4ccccc4)C[C@H](C(=O)O1)[N+]32C. The summed E-state index contributed by atoms with van der Waals surface area (Å²) in [5.74, 6) is -2.77. The molecule has 45 heavy (non-hydrogen) atoms. The lowest BCUT2D eigenvalue weighted by molar-refractivity contribution is -0.845. The van der Waals surface area contributed by atoms with Crippen LogP contribution in [0, 0.1) is 5.92 Å². The zero-order valence-corrected chi connectivity index (χ0v) is 25.5. The Balaban J connectivity index is 1.32. The fraction of sp³-hybridized carbons (Fsp3) is 0.375. The van der Waals surface area contributed by atoms with Gasteiger partial charge in [-0.3, -0.25) is 14.6 Å². The zero-order valence-electron chi connectivity index (χ0n) is 25.5. The first-order valence-electron chi connectivity index (χ1n) is 15.3. The molecule has 4 atom stereocenters. The molecule has 0 saturated carbocycles. The molecule has 2 N–H and O–H groups in total. The van der Waals surface area contributed by atoms with Gasteiger partial charge < -0.3 is 29.2 Å². The second-order valence-corrected chi connectivity index (χ2v) is 12.6. The Kier molecular flexibility index (Phi) is 8.04. The molecule has 1 aromatic heterocycles. The summed E-state index contributed by atoms with van der Waals surface area (Å²) in [5.41, 5.74) is 1.80. The first-order chi connectivity index (χ1) is 21.6. The van der Waals surface area contributed by atoms with E-state index in [4.69, 9.17) is 9.31 Å². The summed E-state index contributed by atoms with van der Waals surface area (Å²) in [6.07, 6.45) is 4.75. The zero-order chi connectivity index (χ0) is 31.8. The smallest absolute Gasteiger partial charge is 0.599 e. The molecule has 3 fully saturated rings. The van der Waals surface area contributed by atoms with E-state index in [-0.39, 0.29) is 22.4 Å². The second-order valence-electron chi connectivity index (χ2n) is 12.6. The van der Waals surface area contributed by atoms with Gasteiger partial charge in [-0.1, -0.05) is 62.4 Å². The van der Waals surface area contributed by atoms with Crippen molar-refractivity contribution in [2.75, 3.05) is 25.0 Å². The maximum absolute atomic E-state index is 14.2. The van der Waals surface area contributed by atoms with Crippen LogP contribution in [0.1, 0.15) is 36.3 Å². The Labute approximate surface area is 261 Å². The number of likely N-dealkylation sites (N-methyl/N-ethyl adjacent to an activating group) is 1. The van der Waals surface area contributed by atoms with Crippen molar-refractivity contribution >= 4 is 36.1 Å². The highest BCUT2D eigenvalue weighted by molar-refractivity contribution is 6.68. The molecular formula is C32H37BN6O6. The summed E-state index contributed by atoms with van der Waals surface area (Å²) in [5, 5.41) is 5.89. The van der Waals surface area contributed by atoms with Gasteiger partial charge in [0, 0.05) is 31.5 Å². The highest BCUT2D eigenvalue weighted by Gasteiger charge is 2.78. The molecule has 2 aromatic carbocycles. The number of anilines is 1. The van der Waals surface area contributed by atoms with E-state index in [9.17, 15) is 19.2 Å². The normalized spacial score (nSPS) is 26.4. The molecule has 2 amide bonds. The summed E-state index contributed by atoms with van der Waals surface area (Å²) in [6.45, 7) is 1.95. The average Bonchev–Trinajstić information content (AvgIpc) is 3.40. The number of nitrogens with zero attached hydrogens (tertiary/aromatic N) is 4. The number of benzene rings is 2. The van der Waals surface area contributed by atoms with E-state index in [0.717, 1.165) is 11.3 Å². The number of nitrogens with one attached hydrogen (secondary N) is 2. The van der Waals surface area contributed by atoms with Crippen molar-refractivity contribution in [3.63, 3.8) is 0 Å². The molecule has 0 spiro atoms. The number of amides is 2. The van der Waals surface area contributed by atoms with Gasteiger partial charge in [-0.25, -0.2) is 14.6 Å². The summed E-state index contributed by atoms with van der Waals surface area (Å²) in [4.78, 5) is 64.6. The van der Waals surface area contributed by atoms with E-state index in [1.807, 2.05) is 86.5 Å². The van der Waals surface area contributed by atoms with Gasteiger partial charge >= 0.3 is 18.6 Å². The number of para-hydroxylation sites is 1. The molecule has 12 nitrogen and oxygen atoms in total. The molecule has 0 aliphatic carbocycles. The number of hydrogen-bond acceptors (Lipinski definition) is 9. The molecule has 4 heterocycles. The number of carbonyl (C=O) groups is 4. The van der Waals surface area contributed by atoms with E-state index in [0.29, 0.717) is 19.5 Å². The standard InChI is InChI=1S/C32H37BN6O6/c1-21(2)16-28(37-29(40)24(17-22-10-6-4-7-11-22)36-30(41)25-18-34-14-15-35-25)33-39(3)26(31(42)44-33)19-38(20-27(39)32(43)45-33)23-12-8-5-9-13-23/h4-15,18,21,24,26-28H,16-17,19-20H2,1-3H3,(H,36,41)(H,37,40)/t24-,26+,27+,28-,33?,39?/m0/s1. The van der Waals surface area contributed by atoms with Gasteiger partial charge in [0.05, 0.1) is 25.2 Å². The Morgan fingerprint density at radius 3 is 2.16 bits per heavy atom. The number of carbonyl (C=O) groups excluding carboxylic acids is 4. The lowest BCUT2D eigenvalue weighted by atomic mass is 9.56. The Morgan fingerprint density at radius 2 is 1.58 bits per heavy atom. The van der Waals surface area contributed by atoms with Crippen LogP contribution in [0.4, 0.5) is 5.69 Å². The van der Waals surface area contributed by atoms with E-state index >= 15 is 0 Å². The van der Waals surface area contributed by atoms with Crippen LogP contribution in [0.2, 0.25) is 0 Å². The van der Waals surface area contributed by atoms with Gasteiger partial charge in [0.15, 0.2) is 12.1 Å². The largest absolute Gasteiger partial charge is 0.606 e. The molecule has 3 aliphatic rings. The minimum atomic E-state index is -2.69. The fourth-order valence-corrected chi connectivity index (χ4v) is 7.14. The lowest BCUT2D eigenvalue weighted by Crippen LogP contribution is -2.79. The molecule has 0 bridgehead atoms. The molecule has 234 valence electrons. The summed E-state index contributed by atoms with van der Waals surface area (Å²) >= 11 is 0. The van der Waals surface area contributed by atoms with E-state index in [1.54, 1.807) is 0 Å². The third kappa shape index (κ3) is 5.41. The van der Waals surface area contributed by atoms with Crippen LogP contribution in [0.3, 0.4) is 0 Å². The van der Waals surface area contributed by atoms with Crippen molar-refractivity contribution in [3.05, 3.63) is 90.5 Å². The molecule has 0 unspecified atom stereocenters. The van der Waals surface area contributed by atoms with Crippen LogP contribution in [-0.4, -0.2) is 89.0 Å². The third-order valence-corrected chi connectivity index (χ3v) is 9.40. The molecule has 3 aliphatic heterocycles. The topological polar surface area (TPSA) is 140 Å². The average molecular weight is 612 g/mol. The number of piperazine rings is 1. The van der Waals surface area contributed by atoms with E-state index in [2.05, 4.69) is 20.6 Å². The summed E-state index contributed by atoms with van der Waals surface area (Å²) in [7, 11) is 1.84. The fourth-order valence-electron chi connectivity index (χ4n) is 7.14. The van der Waals surface area contributed by atoms with Crippen molar-refractivity contribution in [1.29, 1.82) is 0 Å². The molecular weight excluding hydrogens is 575 g/mol. The van der Waals surface area contributed by atoms with Crippen molar-refractivity contribution in [2.45, 2.75) is 50.8 Å². The Morgan fingerprint density at radius 1 is 0.956 bits per heavy atom. The van der Waals surface area contributed by atoms with Crippen LogP contribution >= 0.6 is 0 Å². The van der Waals surface area contributed by atoms with Crippen LogP contribution in [0.5, 0.6) is 0 Å². The predicted octanol–water partition coefficient (Wildman–Crippen LogP) is 1.64. The minimum absolute atomic E-state index is 0.0426. The van der Waals surface area contributed by atoms with Gasteiger partial charge in [-0.2, -0.15) is 0 Å². The van der Waals surface area contributed by atoms with Crippen LogP contribution in [-0.2, 0) is 30.1 Å². The first kappa shape index (κ1) is 30.3. The number of aromatic nitrogens is 2. The van der Waals surface area contributed by atoms with Crippen molar-refractivity contribution in [2.24, 2.45) is 5.92 Å². The molecule has 3 saturated heterocycles. The van der Waals surface area contributed by atoms with Gasteiger partial charge in [0.25, 0.3) is 5.91 Å². The van der Waals surface area contributed by atoms with E-state index in [1.165, 1.54) is 18.6 Å². The van der Waals surface area contributed by atoms with Gasteiger partial charge in [-0.05, 0) is 30.0 Å². The maximum atomic E-state index is 14.2. The summed E-state index contributed by atoms with van der Waals surface area (Å²) < 4.78 is 12.3. The maximum Gasteiger partial charge on any atom is 0.606 e. The van der Waals surface area contributed by atoms with Crippen LogP contribution in [0.25, 0.3) is 0 Å². The number of hydrogen-bond donors (Lipinski definition) is 2. The summed E-state index contributed by atoms with van der Waals surface area (Å²) in [6, 6.07) is 16.5. The van der Waals surface area contributed by atoms with Crippen molar-refractivity contribution in [3.8, 4) is 0 Å². The van der Waals surface area contributed by atoms with Crippen LogP contribution < -0.4 is 15.5 Å². The lowest BCUT2D eigenvalue weighted by Gasteiger charge is -2.54. The predicted molar refractivity (Wildman–Crippen MR) is 165 cm³/mol. The molecule has 3 aromatic rings. The molecule has 6 rings (SSSR count). The van der Waals surface area contributed by atoms with Gasteiger partial charge in [-0.15, -0.1) is 0 Å². The van der Waals surface area contributed by atoms with Crippen LogP contribution in [0.15, 0.2) is 79.3 Å². The molecule has 13 heteroatoms. The third-order valence-electron chi connectivity index (χ3n) is 9.40. The number of rotatable bonds is 10. The van der Waals surface area contributed by atoms with E-state index < -0.39 is 54.5 Å². The Hall–Kier alpha value is -4.78. The number of quaternary nitrogens is 1. The highest BCUT2D eigenvalue weighted by Crippen LogP contribution is 2.47. The minimum Gasteiger partial charge on any atom is -0.599 e. The van der Waals surface area contributed by atoms with Crippen molar-refractivity contribution in [1.82, 2.24) is 20.6 Å².